The smallest absolute Gasteiger partial charge is 0.410 e. The summed E-state index contributed by atoms with van der Waals surface area (Å²) >= 11 is 0. The van der Waals surface area contributed by atoms with Gasteiger partial charge in [-0.1, -0.05) is 6.92 Å². The zero-order valence-corrected chi connectivity index (χ0v) is 14.9. The molecule has 4 rings (SSSR count). The third kappa shape index (κ3) is 2.31. The van der Waals surface area contributed by atoms with Gasteiger partial charge >= 0.3 is 6.09 Å². The summed E-state index contributed by atoms with van der Waals surface area (Å²) in [6, 6.07) is 5.82. The predicted octanol–water partition coefficient (Wildman–Crippen LogP) is 2.84. The molecule has 1 unspecified atom stereocenters. The molecule has 1 aromatic carbocycles. The van der Waals surface area contributed by atoms with Crippen LogP contribution in [0.25, 0.3) is 10.9 Å². The van der Waals surface area contributed by atoms with E-state index in [2.05, 4.69) is 11.9 Å². The Balaban J connectivity index is 1.63. The highest BCUT2D eigenvalue weighted by atomic mass is 16.6. The summed E-state index contributed by atoms with van der Waals surface area (Å²) in [5.41, 5.74) is 3.67. The minimum Gasteiger partial charge on any atom is -0.447 e. The lowest BCUT2D eigenvalue weighted by Crippen LogP contribution is -2.62. The number of fused-ring (bicyclic) bond motifs is 2. The second kappa shape index (κ2) is 5.51. The number of aromatic amines is 1. The van der Waals surface area contributed by atoms with Crippen LogP contribution in [0.15, 0.2) is 18.2 Å². The molecular formula is C19H23N3O3. The van der Waals surface area contributed by atoms with E-state index in [4.69, 9.17) is 4.74 Å². The number of piperazine rings is 1. The van der Waals surface area contributed by atoms with Gasteiger partial charge in [-0.15, -0.1) is 0 Å². The molecule has 3 heterocycles. The van der Waals surface area contributed by atoms with Crippen molar-refractivity contribution in [3.63, 3.8) is 0 Å². The maximum Gasteiger partial charge on any atom is 0.410 e. The summed E-state index contributed by atoms with van der Waals surface area (Å²) in [5, 5.41) is 1.09. The number of nitrogens with zero attached hydrogens (tertiary/aromatic N) is 2. The van der Waals surface area contributed by atoms with Crippen LogP contribution in [-0.4, -0.2) is 58.6 Å². The summed E-state index contributed by atoms with van der Waals surface area (Å²) in [5.74, 6) is 0.0203. The van der Waals surface area contributed by atoms with Gasteiger partial charge in [-0.25, -0.2) is 4.79 Å². The van der Waals surface area contributed by atoms with Gasteiger partial charge in [-0.05, 0) is 44.0 Å². The molecule has 0 aliphatic carbocycles. The number of benzene rings is 1. The standard InChI is InChI=1S/C19H23N3O3/c1-4-19-10-21(7-8-22(19)18(24)25-11-19)17(23)14-5-6-16-15(9-14)12(2)13(3)20-16/h5-6,9,20H,4,7-8,10-11H2,1-3H3. The molecule has 6 heteroatoms. The van der Waals surface area contributed by atoms with Crippen molar-refractivity contribution in [2.75, 3.05) is 26.2 Å². The van der Waals surface area contributed by atoms with Crippen LogP contribution in [0.2, 0.25) is 0 Å². The molecule has 2 amide bonds. The first kappa shape index (κ1) is 16.0. The van der Waals surface area contributed by atoms with E-state index in [1.807, 2.05) is 36.9 Å². The number of hydrogen-bond acceptors (Lipinski definition) is 3. The monoisotopic (exact) mass is 341 g/mol. The van der Waals surface area contributed by atoms with E-state index in [0.29, 0.717) is 31.8 Å². The van der Waals surface area contributed by atoms with Gasteiger partial charge < -0.3 is 14.6 Å². The number of carbonyl (C=O) groups is 2. The molecule has 1 N–H and O–H groups in total. The fraction of sp³-hybridized carbons (Fsp3) is 0.474. The van der Waals surface area contributed by atoms with Gasteiger partial charge in [0.1, 0.15) is 6.61 Å². The Morgan fingerprint density at radius 3 is 2.88 bits per heavy atom. The Morgan fingerprint density at radius 2 is 2.12 bits per heavy atom. The van der Waals surface area contributed by atoms with Gasteiger partial charge in [-0.2, -0.15) is 0 Å². The zero-order valence-electron chi connectivity index (χ0n) is 14.9. The Bertz CT molecular complexity index is 872. The van der Waals surface area contributed by atoms with Crippen molar-refractivity contribution in [2.45, 2.75) is 32.7 Å². The number of rotatable bonds is 2. The van der Waals surface area contributed by atoms with Gasteiger partial charge in [-0.3, -0.25) is 9.69 Å². The number of amides is 2. The van der Waals surface area contributed by atoms with Crippen LogP contribution in [0.4, 0.5) is 4.79 Å². The van der Waals surface area contributed by atoms with E-state index in [1.54, 1.807) is 4.90 Å². The van der Waals surface area contributed by atoms with Crippen molar-refractivity contribution in [3.05, 3.63) is 35.0 Å². The van der Waals surface area contributed by atoms with Gasteiger partial charge in [0, 0.05) is 41.8 Å². The summed E-state index contributed by atoms with van der Waals surface area (Å²) in [6.45, 7) is 8.11. The summed E-state index contributed by atoms with van der Waals surface area (Å²) < 4.78 is 5.25. The molecule has 0 bridgehead atoms. The van der Waals surface area contributed by atoms with Crippen LogP contribution in [0.1, 0.15) is 35.0 Å². The van der Waals surface area contributed by atoms with Gasteiger partial charge in [0.05, 0.1) is 5.54 Å². The zero-order chi connectivity index (χ0) is 17.8. The van der Waals surface area contributed by atoms with E-state index >= 15 is 0 Å². The number of cyclic esters (lactones) is 1. The number of H-pyrrole nitrogens is 1. The number of hydrogen-bond donors (Lipinski definition) is 1. The van der Waals surface area contributed by atoms with E-state index in [0.717, 1.165) is 23.0 Å². The van der Waals surface area contributed by atoms with E-state index in [9.17, 15) is 9.59 Å². The molecule has 2 fully saturated rings. The number of nitrogens with one attached hydrogen (secondary N) is 1. The number of ether oxygens (including phenoxy) is 1. The molecular weight excluding hydrogens is 318 g/mol. The van der Waals surface area contributed by atoms with Crippen molar-refractivity contribution in [1.29, 1.82) is 0 Å². The fourth-order valence-corrected chi connectivity index (χ4v) is 4.02. The Labute approximate surface area is 146 Å². The van der Waals surface area contributed by atoms with Gasteiger partial charge in [0.25, 0.3) is 5.91 Å². The minimum atomic E-state index is -0.379. The highest BCUT2D eigenvalue weighted by molar-refractivity contribution is 5.99. The lowest BCUT2D eigenvalue weighted by atomic mass is 9.92. The van der Waals surface area contributed by atoms with E-state index in [1.165, 1.54) is 5.56 Å². The summed E-state index contributed by atoms with van der Waals surface area (Å²) in [7, 11) is 0. The first-order valence-electron chi connectivity index (χ1n) is 8.78. The number of carbonyl (C=O) groups excluding carboxylic acids is 2. The molecule has 25 heavy (non-hydrogen) atoms. The average molecular weight is 341 g/mol. The summed E-state index contributed by atoms with van der Waals surface area (Å²) in [4.78, 5) is 32.0. The average Bonchev–Trinajstić information content (AvgIpc) is 3.11. The second-order valence-electron chi connectivity index (χ2n) is 7.15. The largest absolute Gasteiger partial charge is 0.447 e. The van der Waals surface area contributed by atoms with Crippen LogP contribution in [-0.2, 0) is 4.74 Å². The lowest BCUT2D eigenvalue weighted by molar-refractivity contribution is 0.0362. The van der Waals surface area contributed by atoms with Crippen molar-refractivity contribution < 1.29 is 14.3 Å². The molecule has 2 saturated heterocycles. The number of aromatic nitrogens is 1. The third-order valence-electron chi connectivity index (χ3n) is 5.84. The molecule has 6 nitrogen and oxygen atoms in total. The minimum absolute atomic E-state index is 0.0203. The quantitative estimate of drug-likeness (QED) is 0.913. The summed E-state index contributed by atoms with van der Waals surface area (Å²) in [6.07, 6.45) is 0.520. The van der Waals surface area contributed by atoms with Crippen LogP contribution >= 0.6 is 0 Å². The van der Waals surface area contributed by atoms with Crippen LogP contribution in [0.5, 0.6) is 0 Å². The Kier molecular flexibility index (Phi) is 3.52. The maximum atomic E-state index is 13.1. The predicted molar refractivity (Wildman–Crippen MR) is 94.8 cm³/mol. The Morgan fingerprint density at radius 1 is 1.32 bits per heavy atom. The first-order chi connectivity index (χ1) is 11.9. The van der Waals surface area contributed by atoms with Gasteiger partial charge in [0.15, 0.2) is 0 Å². The number of aryl methyl sites for hydroxylation is 2. The fourth-order valence-electron chi connectivity index (χ4n) is 4.02. The lowest BCUT2D eigenvalue weighted by Gasteiger charge is -2.44. The first-order valence-corrected chi connectivity index (χ1v) is 8.78. The third-order valence-corrected chi connectivity index (χ3v) is 5.84. The maximum absolute atomic E-state index is 13.1. The second-order valence-corrected chi connectivity index (χ2v) is 7.15. The molecule has 132 valence electrons. The van der Waals surface area contributed by atoms with Crippen LogP contribution < -0.4 is 0 Å². The SMILES string of the molecule is CCC12COC(=O)N1CCN(C(=O)c1ccc3[nH]c(C)c(C)c3c1)C2. The van der Waals surface area contributed by atoms with Crippen molar-refractivity contribution in [1.82, 2.24) is 14.8 Å². The van der Waals surface area contributed by atoms with Crippen molar-refractivity contribution in [2.24, 2.45) is 0 Å². The van der Waals surface area contributed by atoms with Crippen LogP contribution in [0, 0.1) is 13.8 Å². The van der Waals surface area contributed by atoms with Gasteiger partial charge in [0.2, 0.25) is 0 Å². The van der Waals surface area contributed by atoms with E-state index < -0.39 is 0 Å². The molecule has 2 aliphatic heterocycles. The van der Waals surface area contributed by atoms with Crippen molar-refractivity contribution >= 4 is 22.9 Å². The highest BCUT2D eigenvalue weighted by Crippen LogP contribution is 2.32. The Hall–Kier alpha value is -2.50. The normalized spacial score (nSPS) is 23.1. The molecule has 2 aromatic rings. The topological polar surface area (TPSA) is 65.6 Å². The van der Waals surface area contributed by atoms with Crippen LogP contribution in [0.3, 0.4) is 0 Å². The molecule has 2 aliphatic rings. The molecule has 0 saturated carbocycles. The molecule has 1 atom stereocenters. The van der Waals surface area contributed by atoms with Crippen molar-refractivity contribution in [3.8, 4) is 0 Å². The highest BCUT2D eigenvalue weighted by Gasteiger charge is 2.50. The molecule has 0 spiro atoms. The molecule has 0 radical (unpaired) electrons. The van der Waals surface area contributed by atoms with E-state index in [-0.39, 0.29) is 17.5 Å². The molecule has 1 aromatic heterocycles.